The van der Waals surface area contributed by atoms with Crippen LogP contribution in [0.2, 0.25) is 0 Å². The van der Waals surface area contributed by atoms with Crippen molar-refractivity contribution in [2.24, 2.45) is 0 Å². The minimum absolute atomic E-state index is 0.113. The number of pyridine rings is 2. The number of aryl methyl sites for hydroxylation is 1. The lowest BCUT2D eigenvalue weighted by Crippen LogP contribution is -2.21. The fourth-order valence-corrected chi connectivity index (χ4v) is 1.80. The van der Waals surface area contributed by atoms with Crippen molar-refractivity contribution in [3.63, 3.8) is 0 Å². The third-order valence-electron chi connectivity index (χ3n) is 2.72. The molecule has 2 aromatic heterocycles. The number of aromatic amines is 1. The number of hydrogen-bond donors (Lipinski definition) is 2. The number of nitrogens with one attached hydrogen (secondary N) is 2. The molecule has 6 heteroatoms. The quantitative estimate of drug-likeness (QED) is 0.877. The Labute approximate surface area is 115 Å². The predicted octanol–water partition coefficient (Wildman–Crippen LogP) is 1.20. The Morgan fingerprint density at radius 1 is 1.25 bits per heavy atom. The van der Waals surface area contributed by atoms with Crippen LogP contribution in [0.5, 0.6) is 0 Å². The number of carbonyl (C=O) groups is 1. The van der Waals surface area contributed by atoms with Gasteiger partial charge >= 0.3 is 0 Å². The summed E-state index contributed by atoms with van der Waals surface area (Å²) in [7, 11) is 0. The molecule has 0 aromatic carbocycles. The molecule has 6 nitrogen and oxygen atoms in total. The Morgan fingerprint density at radius 2 is 2.05 bits per heavy atom. The van der Waals surface area contributed by atoms with Crippen molar-refractivity contribution in [1.29, 1.82) is 0 Å². The van der Waals surface area contributed by atoms with Gasteiger partial charge in [0.2, 0.25) is 5.56 Å². The van der Waals surface area contributed by atoms with Crippen LogP contribution < -0.4 is 16.4 Å². The van der Waals surface area contributed by atoms with Gasteiger partial charge in [0.25, 0.3) is 11.5 Å². The third-order valence-corrected chi connectivity index (χ3v) is 2.72. The molecular formula is C14H15N3O3. The van der Waals surface area contributed by atoms with Crippen LogP contribution in [0, 0.1) is 0 Å². The molecule has 0 saturated carbocycles. The molecule has 0 unspecified atom stereocenters. The first kappa shape index (κ1) is 13.8. The third kappa shape index (κ3) is 3.23. The van der Waals surface area contributed by atoms with Gasteiger partial charge in [-0.05, 0) is 18.6 Å². The number of H-pyrrole nitrogens is 1. The number of hydrogen-bond acceptors (Lipinski definition) is 3. The van der Waals surface area contributed by atoms with Gasteiger partial charge in [-0.25, -0.2) is 0 Å². The molecule has 0 aliphatic heterocycles. The molecule has 0 aliphatic carbocycles. The highest BCUT2D eigenvalue weighted by Gasteiger charge is 2.07. The van der Waals surface area contributed by atoms with E-state index in [9.17, 15) is 14.4 Å². The number of aromatic nitrogens is 2. The van der Waals surface area contributed by atoms with Gasteiger partial charge in [0, 0.05) is 24.9 Å². The highest BCUT2D eigenvalue weighted by Crippen LogP contribution is 2.05. The molecule has 0 aliphatic rings. The van der Waals surface area contributed by atoms with E-state index in [1.54, 1.807) is 6.20 Å². The van der Waals surface area contributed by atoms with Crippen molar-refractivity contribution < 1.29 is 4.79 Å². The maximum atomic E-state index is 12.0. The summed E-state index contributed by atoms with van der Waals surface area (Å²) < 4.78 is 1.53. The number of rotatable bonds is 4. The first-order valence-electron chi connectivity index (χ1n) is 6.31. The van der Waals surface area contributed by atoms with Crippen LogP contribution in [0.15, 0.2) is 46.1 Å². The van der Waals surface area contributed by atoms with Crippen molar-refractivity contribution in [3.8, 4) is 0 Å². The smallest absolute Gasteiger partial charge is 0.272 e. The average molecular weight is 273 g/mol. The van der Waals surface area contributed by atoms with Gasteiger partial charge in [-0.2, -0.15) is 0 Å². The average Bonchev–Trinajstić information content (AvgIpc) is 2.43. The monoisotopic (exact) mass is 273 g/mol. The molecule has 0 fully saturated rings. The Bertz CT molecular complexity index is 731. The number of carbonyl (C=O) groups excluding carboxylic acids is 1. The molecule has 0 spiro atoms. The zero-order chi connectivity index (χ0) is 14.5. The van der Waals surface area contributed by atoms with E-state index < -0.39 is 5.91 Å². The van der Waals surface area contributed by atoms with E-state index in [1.807, 2.05) is 6.92 Å². The summed E-state index contributed by atoms with van der Waals surface area (Å²) in [6.07, 6.45) is 2.41. The summed E-state index contributed by atoms with van der Waals surface area (Å²) in [6.45, 7) is 2.55. The van der Waals surface area contributed by atoms with Gasteiger partial charge in [-0.15, -0.1) is 0 Å². The maximum Gasteiger partial charge on any atom is 0.272 e. The van der Waals surface area contributed by atoms with Crippen molar-refractivity contribution in [1.82, 2.24) is 9.55 Å². The molecule has 20 heavy (non-hydrogen) atoms. The van der Waals surface area contributed by atoms with Crippen molar-refractivity contribution in [2.45, 2.75) is 19.9 Å². The second-order valence-electron chi connectivity index (χ2n) is 4.33. The van der Waals surface area contributed by atoms with E-state index in [-0.39, 0.29) is 16.8 Å². The van der Waals surface area contributed by atoms with Gasteiger partial charge < -0.3 is 14.9 Å². The second-order valence-corrected chi connectivity index (χ2v) is 4.33. The largest absolute Gasteiger partial charge is 0.319 e. The Morgan fingerprint density at radius 3 is 2.75 bits per heavy atom. The zero-order valence-electron chi connectivity index (χ0n) is 11.1. The van der Waals surface area contributed by atoms with E-state index >= 15 is 0 Å². The number of anilines is 1. The number of amides is 1. The second kappa shape index (κ2) is 6.01. The highest BCUT2D eigenvalue weighted by atomic mass is 16.2. The van der Waals surface area contributed by atoms with E-state index in [0.29, 0.717) is 12.2 Å². The van der Waals surface area contributed by atoms with Gasteiger partial charge in [0.05, 0.1) is 5.69 Å². The highest BCUT2D eigenvalue weighted by molar-refractivity contribution is 6.02. The number of nitrogens with zero attached hydrogens (tertiary/aromatic N) is 1. The van der Waals surface area contributed by atoms with Crippen LogP contribution in [-0.2, 0) is 6.54 Å². The van der Waals surface area contributed by atoms with Crippen LogP contribution in [0.4, 0.5) is 5.69 Å². The molecule has 0 atom stereocenters. The normalized spacial score (nSPS) is 10.2. The zero-order valence-corrected chi connectivity index (χ0v) is 11.1. The topological polar surface area (TPSA) is 84.0 Å². The van der Waals surface area contributed by atoms with E-state index in [0.717, 1.165) is 6.42 Å². The Kier molecular flexibility index (Phi) is 4.14. The van der Waals surface area contributed by atoms with Gasteiger partial charge in [0.1, 0.15) is 5.69 Å². The first-order chi connectivity index (χ1) is 9.60. The SMILES string of the molecule is CCCn1cc(NC(=O)c2cccc(=O)[nH]2)ccc1=O. The molecule has 0 saturated heterocycles. The summed E-state index contributed by atoms with van der Waals surface area (Å²) in [6, 6.07) is 7.29. The molecule has 2 aromatic rings. The Hall–Kier alpha value is -2.63. The molecule has 0 bridgehead atoms. The molecule has 2 heterocycles. The van der Waals surface area contributed by atoms with Gasteiger partial charge in [-0.3, -0.25) is 14.4 Å². The standard InChI is InChI=1S/C14H15N3O3/c1-2-8-17-9-10(6-7-13(17)19)15-14(20)11-4-3-5-12(18)16-11/h3-7,9H,2,8H2,1H3,(H,15,20)(H,16,18). The van der Waals surface area contributed by atoms with Crippen molar-refractivity contribution in [2.75, 3.05) is 5.32 Å². The molecule has 1 amide bonds. The molecule has 2 rings (SSSR count). The maximum absolute atomic E-state index is 12.0. The van der Waals surface area contributed by atoms with Gasteiger partial charge in [-0.1, -0.05) is 13.0 Å². The lowest BCUT2D eigenvalue weighted by Gasteiger charge is -2.08. The van der Waals surface area contributed by atoms with Crippen LogP contribution >= 0.6 is 0 Å². The molecular weight excluding hydrogens is 258 g/mol. The van der Waals surface area contributed by atoms with E-state index in [4.69, 9.17) is 0 Å². The van der Waals surface area contributed by atoms with Crippen LogP contribution in [-0.4, -0.2) is 15.5 Å². The molecule has 104 valence electrons. The predicted molar refractivity (Wildman–Crippen MR) is 76.0 cm³/mol. The molecule has 0 radical (unpaired) electrons. The minimum atomic E-state index is -0.426. The Balaban J connectivity index is 2.22. The van der Waals surface area contributed by atoms with E-state index in [1.165, 1.54) is 34.9 Å². The van der Waals surface area contributed by atoms with Crippen molar-refractivity contribution in [3.05, 3.63) is 62.9 Å². The van der Waals surface area contributed by atoms with Crippen LogP contribution in [0.25, 0.3) is 0 Å². The first-order valence-corrected chi connectivity index (χ1v) is 6.31. The van der Waals surface area contributed by atoms with Crippen LogP contribution in [0.3, 0.4) is 0 Å². The van der Waals surface area contributed by atoms with Crippen LogP contribution in [0.1, 0.15) is 23.8 Å². The fourth-order valence-electron chi connectivity index (χ4n) is 1.80. The summed E-state index contributed by atoms with van der Waals surface area (Å²) in [5.74, 6) is -0.426. The lowest BCUT2D eigenvalue weighted by molar-refractivity contribution is 0.102. The van der Waals surface area contributed by atoms with Gasteiger partial charge in [0.15, 0.2) is 0 Å². The summed E-state index contributed by atoms with van der Waals surface area (Å²) in [5.41, 5.74) is 0.227. The lowest BCUT2D eigenvalue weighted by atomic mass is 10.3. The van der Waals surface area contributed by atoms with Crippen molar-refractivity contribution >= 4 is 11.6 Å². The minimum Gasteiger partial charge on any atom is -0.319 e. The summed E-state index contributed by atoms with van der Waals surface area (Å²) >= 11 is 0. The molecule has 2 N–H and O–H groups in total. The fraction of sp³-hybridized carbons (Fsp3) is 0.214. The summed E-state index contributed by atoms with van der Waals surface area (Å²) in [5, 5.41) is 2.64. The summed E-state index contributed by atoms with van der Waals surface area (Å²) in [4.78, 5) is 37.1. The van der Waals surface area contributed by atoms with E-state index in [2.05, 4.69) is 10.3 Å².